The molecular weight excluding hydrogens is 614 g/mol. The predicted octanol–water partition coefficient (Wildman–Crippen LogP) is 9.23. The SMILES string of the molecule is COc1cccc(OC)c1-c1ccc(-c2ccc(-c3c(OC)cccc3OC)c3c2[P@@](C(C)(C)C)CO3)c2c1OC[P@]2C(C)(C)C. The second-order valence-electron chi connectivity index (χ2n) is 13.5. The Labute approximate surface area is 275 Å². The van der Waals surface area contributed by atoms with Gasteiger partial charge in [0.25, 0.3) is 0 Å². The normalized spacial score (nSPS) is 17.1. The molecule has 2 aliphatic heterocycles. The van der Waals surface area contributed by atoms with Crippen LogP contribution in [0.5, 0.6) is 34.5 Å². The van der Waals surface area contributed by atoms with E-state index in [1.165, 1.54) is 21.7 Å². The van der Waals surface area contributed by atoms with E-state index in [9.17, 15) is 0 Å². The molecule has 4 aromatic rings. The smallest absolute Gasteiger partial charge is 0.136 e. The number of benzene rings is 4. The van der Waals surface area contributed by atoms with Crippen LogP contribution in [0.1, 0.15) is 41.5 Å². The van der Waals surface area contributed by atoms with E-state index in [1.54, 1.807) is 28.4 Å². The Bertz CT molecular complexity index is 1610. The fraction of sp³-hybridized carbons (Fsp3) is 0.368. The molecule has 6 rings (SSSR count). The third kappa shape index (κ3) is 5.38. The van der Waals surface area contributed by atoms with Gasteiger partial charge in [0.15, 0.2) is 0 Å². The number of methoxy groups -OCH3 is 4. The minimum atomic E-state index is -0.674. The van der Waals surface area contributed by atoms with Gasteiger partial charge in [-0.05, 0) is 73.7 Å². The van der Waals surface area contributed by atoms with Crippen molar-refractivity contribution in [3.05, 3.63) is 60.7 Å². The Kier molecular flexibility index (Phi) is 8.68. The highest BCUT2D eigenvalue weighted by molar-refractivity contribution is 7.68. The minimum absolute atomic E-state index is 0.0258. The predicted molar refractivity (Wildman–Crippen MR) is 193 cm³/mol. The van der Waals surface area contributed by atoms with Gasteiger partial charge in [0.05, 0.1) is 39.6 Å². The maximum Gasteiger partial charge on any atom is 0.136 e. The largest absolute Gasteiger partial charge is 0.496 e. The number of fused-ring (bicyclic) bond motifs is 2. The lowest BCUT2D eigenvalue weighted by molar-refractivity contribution is 0.391. The van der Waals surface area contributed by atoms with Gasteiger partial charge in [-0.2, -0.15) is 0 Å². The fourth-order valence-corrected chi connectivity index (χ4v) is 11.2. The molecule has 6 nitrogen and oxygen atoms in total. The maximum atomic E-state index is 6.71. The molecule has 0 bridgehead atoms. The fourth-order valence-electron chi connectivity index (χ4n) is 6.48. The van der Waals surface area contributed by atoms with Crippen LogP contribution in [0, 0.1) is 0 Å². The van der Waals surface area contributed by atoms with Gasteiger partial charge in [0.1, 0.15) is 47.2 Å². The molecular formula is C38H44O6P2. The van der Waals surface area contributed by atoms with Crippen LogP contribution >= 0.6 is 15.8 Å². The van der Waals surface area contributed by atoms with Crippen molar-refractivity contribution in [2.75, 3.05) is 41.1 Å². The van der Waals surface area contributed by atoms with Gasteiger partial charge in [-0.1, -0.05) is 65.8 Å². The van der Waals surface area contributed by atoms with Crippen LogP contribution in [-0.2, 0) is 0 Å². The number of rotatable bonds is 7. The lowest BCUT2D eigenvalue weighted by Crippen LogP contribution is -2.22. The van der Waals surface area contributed by atoms with E-state index in [0.717, 1.165) is 56.8 Å². The maximum absolute atomic E-state index is 6.71. The van der Waals surface area contributed by atoms with Gasteiger partial charge in [0.2, 0.25) is 0 Å². The summed E-state index contributed by atoms with van der Waals surface area (Å²) in [5.74, 6) is 4.86. The molecule has 8 heteroatoms. The molecule has 0 fully saturated rings. The summed E-state index contributed by atoms with van der Waals surface area (Å²) in [6, 6.07) is 20.7. The summed E-state index contributed by atoms with van der Waals surface area (Å²) in [5, 5.41) is 2.62. The molecule has 2 aliphatic rings. The van der Waals surface area contributed by atoms with Gasteiger partial charge >= 0.3 is 0 Å². The van der Waals surface area contributed by atoms with E-state index in [0.29, 0.717) is 12.7 Å². The molecule has 0 saturated heterocycles. The van der Waals surface area contributed by atoms with Crippen molar-refractivity contribution in [3.8, 4) is 67.9 Å². The Morgan fingerprint density at radius 3 is 1.07 bits per heavy atom. The molecule has 242 valence electrons. The summed E-state index contributed by atoms with van der Waals surface area (Å²) in [5.41, 5.74) is 6.22. The third-order valence-corrected chi connectivity index (χ3v) is 14.8. The quantitative estimate of drug-likeness (QED) is 0.185. The van der Waals surface area contributed by atoms with Crippen LogP contribution in [0.15, 0.2) is 60.7 Å². The zero-order chi connectivity index (χ0) is 33.0. The lowest BCUT2D eigenvalue weighted by atomic mass is 9.95. The molecule has 2 atom stereocenters. The first-order valence-corrected chi connectivity index (χ1v) is 18.6. The zero-order valence-electron chi connectivity index (χ0n) is 28.5. The molecule has 0 N–H and O–H groups in total. The summed E-state index contributed by atoms with van der Waals surface area (Å²) in [6.07, 6.45) is 1.33. The van der Waals surface area contributed by atoms with Crippen LogP contribution < -0.4 is 39.0 Å². The second kappa shape index (κ2) is 12.3. The summed E-state index contributed by atoms with van der Waals surface area (Å²) in [7, 11) is 5.45. The molecule has 4 aromatic carbocycles. The second-order valence-corrected chi connectivity index (χ2v) is 19.3. The molecule has 0 aliphatic carbocycles. The van der Waals surface area contributed by atoms with Gasteiger partial charge in [-0.15, -0.1) is 0 Å². The van der Waals surface area contributed by atoms with Crippen molar-refractivity contribution in [3.63, 3.8) is 0 Å². The standard InChI is InChI=1S/C38H44O6P2/c1-37(2,3)45-21-43-33-25(31-27(39-7)13-11-14-28(31)40-8)19-17-23(35(33)45)24-18-20-26(32-29(41-9)15-12-16-30(32)42-10)34-36(24)46(22-44-34)38(4,5)6/h11-20H,21-22H2,1-10H3/t45-,46-/m0/s1. The van der Waals surface area contributed by atoms with Gasteiger partial charge in [0, 0.05) is 21.7 Å². The van der Waals surface area contributed by atoms with E-state index in [-0.39, 0.29) is 10.3 Å². The first-order valence-electron chi connectivity index (χ1n) is 15.5. The Morgan fingerprint density at radius 2 is 0.783 bits per heavy atom. The molecule has 46 heavy (non-hydrogen) atoms. The number of hydrogen-bond acceptors (Lipinski definition) is 6. The Morgan fingerprint density at radius 1 is 0.478 bits per heavy atom. The van der Waals surface area contributed by atoms with Gasteiger partial charge in [-0.25, -0.2) is 0 Å². The van der Waals surface area contributed by atoms with E-state index in [4.69, 9.17) is 28.4 Å². The number of ether oxygens (including phenoxy) is 6. The zero-order valence-corrected chi connectivity index (χ0v) is 30.3. The van der Waals surface area contributed by atoms with Crippen molar-refractivity contribution < 1.29 is 28.4 Å². The van der Waals surface area contributed by atoms with Crippen LogP contribution in [0.4, 0.5) is 0 Å². The minimum Gasteiger partial charge on any atom is -0.496 e. The van der Waals surface area contributed by atoms with E-state index in [1.807, 2.05) is 36.4 Å². The van der Waals surface area contributed by atoms with Gasteiger partial charge < -0.3 is 28.4 Å². The van der Waals surface area contributed by atoms with Crippen LogP contribution in [0.25, 0.3) is 33.4 Å². The average Bonchev–Trinajstić information content (AvgIpc) is 3.70. The van der Waals surface area contributed by atoms with E-state index in [2.05, 4.69) is 65.8 Å². The Hall–Kier alpha value is -3.46. The monoisotopic (exact) mass is 658 g/mol. The molecule has 0 amide bonds. The van der Waals surface area contributed by atoms with E-state index < -0.39 is 15.8 Å². The van der Waals surface area contributed by atoms with Crippen molar-refractivity contribution in [2.45, 2.75) is 51.9 Å². The number of hydrogen-bond donors (Lipinski definition) is 0. The highest BCUT2D eigenvalue weighted by Gasteiger charge is 2.42. The first-order chi connectivity index (χ1) is 21.9. The molecule has 0 unspecified atom stereocenters. The van der Waals surface area contributed by atoms with Crippen LogP contribution in [0.2, 0.25) is 0 Å². The van der Waals surface area contributed by atoms with Crippen molar-refractivity contribution in [1.29, 1.82) is 0 Å². The van der Waals surface area contributed by atoms with Gasteiger partial charge in [-0.3, -0.25) is 0 Å². The highest BCUT2D eigenvalue weighted by Crippen LogP contribution is 2.62. The topological polar surface area (TPSA) is 55.4 Å². The molecule has 2 heterocycles. The highest BCUT2D eigenvalue weighted by atomic mass is 31.1. The molecule has 0 aromatic heterocycles. The summed E-state index contributed by atoms with van der Waals surface area (Å²) < 4.78 is 36.8. The first kappa shape index (κ1) is 32.5. The van der Waals surface area contributed by atoms with Crippen molar-refractivity contribution in [1.82, 2.24) is 0 Å². The third-order valence-electron chi connectivity index (χ3n) is 8.78. The molecule has 0 radical (unpaired) electrons. The summed E-state index contributed by atoms with van der Waals surface area (Å²) in [6.45, 7) is 13.9. The Balaban J connectivity index is 1.67. The molecule has 0 spiro atoms. The molecule has 0 saturated carbocycles. The van der Waals surface area contributed by atoms with Crippen molar-refractivity contribution >= 4 is 26.5 Å². The van der Waals surface area contributed by atoms with E-state index >= 15 is 0 Å². The summed E-state index contributed by atoms with van der Waals surface area (Å²) in [4.78, 5) is 0. The lowest BCUT2D eigenvalue weighted by Gasteiger charge is -2.30. The average molecular weight is 659 g/mol. The van der Waals surface area contributed by atoms with Crippen molar-refractivity contribution in [2.24, 2.45) is 0 Å². The summed E-state index contributed by atoms with van der Waals surface area (Å²) >= 11 is 0. The van der Waals surface area contributed by atoms with Crippen LogP contribution in [0.3, 0.4) is 0 Å². The van der Waals surface area contributed by atoms with Crippen LogP contribution in [-0.4, -0.2) is 51.4 Å².